The molecule has 0 aliphatic rings. The molecule has 0 radical (unpaired) electrons. The van der Waals surface area contributed by atoms with E-state index in [-0.39, 0.29) is 18.2 Å². The highest BCUT2D eigenvalue weighted by atomic mass is 19.1. The van der Waals surface area contributed by atoms with Crippen LogP contribution in [0.3, 0.4) is 0 Å². The summed E-state index contributed by atoms with van der Waals surface area (Å²) in [6, 6.07) is 4.04. The number of nitrogens with one attached hydrogen (secondary N) is 1. The fourth-order valence-corrected chi connectivity index (χ4v) is 1.35. The van der Waals surface area contributed by atoms with Crippen molar-refractivity contribution in [2.24, 2.45) is 0 Å². The number of aryl methyl sites for hydroxylation is 1. The zero-order valence-corrected chi connectivity index (χ0v) is 9.46. The third-order valence-electron chi connectivity index (χ3n) is 2.41. The van der Waals surface area contributed by atoms with Crippen molar-refractivity contribution in [3.05, 3.63) is 35.1 Å². The molecule has 0 unspecified atom stereocenters. The fraction of sp³-hybridized carbons (Fsp3) is 0.417. The molecule has 2 N–H and O–H groups in total. The number of aliphatic hydroxyl groups excluding tert-OH is 1. The molecule has 1 atom stereocenters. The summed E-state index contributed by atoms with van der Waals surface area (Å²) < 4.78 is 13.4. The van der Waals surface area contributed by atoms with Gasteiger partial charge >= 0.3 is 0 Å². The van der Waals surface area contributed by atoms with Gasteiger partial charge in [0, 0.05) is 0 Å². The van der Waals surface area contributed by atoms with E-state index in [1.165, 1.54) is 12.1 Å². The maximum Gasteiger partial charge on any atom is 0.254 e. The first-order valence-electron chi connectivity index (χ1n) is 5.26. The van der Waals surface area contributed by atoms with Gasteiger partial charge in [-0.05, 0) is 25.5 Å². The Bertz CT molecular complexity index is 375. The molecule has 0 saturated heterocycles. The van der Waals surface area contributed by atoms with Gasteiger partial charge in [-0.25, -0.2) is 4.39 Å². The van der Waals surface area contributed by atoms with E-state index in [0.29, 0.717) is 6.42 Å². The number of hydrogen-bond acceptors (Lipinski definition) is 2. The minimum atomic E-state index is -0.545. The van der Waals surface area contributed by atoms with E-state index in [1.807, 2.05) is 6.92 Å². The van der Waals surface area contributed by atoms with Gasteiger partial charge in [-0.1, -0.05) is 18.6 Å². The highest BCUT2D eigenvalue weighted by molar-refractivity contribution is 5.94. The molecule has 1 rings (SSSR count). The molecule has 1 amide bonds. The molecule has 1 aromatic carbocycles. The van der Waals surface area contributed by atoms with Crippen LogP contribution in [0.1, 0.15) is 29.3 Å². The van der Waals surface area contributed by atoms with Crippen LogP contribution in [-0.2, 0) is 0 Å². The minimum Gasteiger partial charge on any atom is -0.394 e. The summed E-state index contributed by atoms with van der Waals surface area (Å²) in [5.74, 6) is -1.03. The lowest BCUT2D eigenvalue weighted by Crippen LogP contribution is -2.37. The largest absolute Gasteiger partial charge is 0.394 e. The molecule has 0 aliphatic carbocycles. The summed E-state index contributed by atoms with van der Waals surface area (Å²) in [7, 11) is 0. The molecule has 0 aliphatic heterocycles. The maximum absolute atomic E-state index is 13.4. The molecule has 0 fully saturated rings. The van der Waals surface area contributed by atoms with Crippen LogP contribution in [0.15, 0.2) is 18.2 Å². The number of halogens is 1. The Hall–Kier alpha value is -1.42. The lowest BCUT2D eigenvalue weighted by molar-refractivity contribution is 0.0910. The summed E-state index contributed by atoms with van der Waals surface area (Å²) in [4.78, 5) is 11.7. The average molecular weight is 225 g/mol. The Labute approximate surface area is 94.3 Å². The first-order valence-corrected chi connectivity index (χ1v) is 5.26. The van der Waals surface area contributed by atoms with Crippen LogP contribution in [0.25, 0.3) is 0 Å². The number of carbonyl (C=O) groups excluding carboxylic acids is 1. The van der Waals surface area contributed by atoms with Crippen LogP contribution in [0.2, 0.25) is 0 Å². The van der Waals surface area contributed by atoms with Gasteiger partial charge in [-0.3, -0.25) is 4.79 Å². The quantitative estimate of drug-likeness (QED) is 0.818. The fourth-order valence-electron chi connectivity index (χ4n) is 1.35. The molecule has 3 nitrogen and oxygen atoms in total. The van der Waals surface area contributed by atoms with E-state index in [2.05, 4.69) is 5.32 Å². The van der Waals surface area contributed by atoms with Crippen LogP contribution in [0.5, 0.6) is 0 Å². The highest BCUT2D eigenvalue weighted by Gasteiger charge is 2.14. The Morgan fingerprint density at radius 3 is 2.81 bits per heavy atom. The van der Waals surface area contributed by atoms with Gasteiger partial charge in [0.15, 0.2) is 0 Å². The van der Waals surface area contributed by atoms with Crippen LogP contribution < -0.4 is 5.32 Å². The van der Waals surface area contributed by atoms with Crippen molar-refractivity contribution < 1.29 is 14.3 Å². The van der Waals surface area contributed by atoms with Gasteiger partial charge in [-0.2, -0.15) is 0 Å². The van der Waals surface area contributed by atoms with Gasteiger partial charge in [0.25, 0.3) is 5.91 Å². The number of carbonyl (C=O) groups is 1. The smallest absolute Gasteiger partial charge is 0.254 e. The van der Waals surface area contributed by atoms with E-state index in [9.17, 15) is 9.18 Å². The monoisotopic (exact) mass is 225 g/mol. The molecular weight excluding hydrogens is 209 g/mol. The highest BCUT2D eigenvalue weighted by Crippen LogP contribution is 2.10. The molecule has 1 aromatic rings. The van der Waals surface area contributed by atoms with E-state index in [0.717, 1.165) is 5.56 Å². The molecule has 4 heteroatoms. The third-order valence-corrected chi connectivity index (χ3v) is 2.41. The first-order chi connectivity index (χ1) is 7.58. The van der Waals surface area contributed by atoms with Crippen molar-refractivity contribution in [3.8, 4) is 0 Å². The van der Waals surface area contributed by atoms with E-state index in [1.54, 1.807) is 13.0 Å². The Morgan fingerprint density at radius 2 is 2.25 bits per heavy atom. The molecule has 0 aromatic heterocycles. The molecule has 0 bridgehead atoms. The van der Waals surface area contributed by atoms with E-state index >= 15 is 0 Å². The van der Waals surface area contributed by atoms with Gasteiger partial charge in [0.1, 0.15) is 5.82 Å². The standard InChI is InChI=1S/C12H16FNO2/c1-3-9(7-15)14-12(16)10-6-8(2)4-5-11(10)13/h4-6,9,15H,3,7H2,1-2H3,(H,14,16)/t9-/m0/s1. The zero-order chi connectivity index (χ0) is 12.1. The molecule has 88 valence electrons. The van der Waals surface area contributed by atoms with Crippen LogP contribution in [-0.4, -0.2) is 23.7 Å². The minimum absolute atomic E-state index is 0.0203. The third kappa shape index (κ3) is 3.03. The number of benzene rings is 1. The van der Waals surface area contributed by atoms with Crippen molar-refractivity contribution in [1.29, 1.82) is 0 Å². The summed E-state index contributed by atoms with van der Waals surface area (Å²) in [6.07, 6.45) is 0.607. The summed E-state index contributed by atoms with van der Waals surface area (Å²) in [5, 5.41) is 11.5. The van der Waals surface area contributed by atoms with Crippen molar-refractivity contribution in [1.82, 2.24) is 5.32 Å². The van der Waals surface area contributed by atoms with Crippen LogP contribution in [0, 0.1) is 12.7 Å². The van der Waals surface area contributed by atoms with Crippen LogP contribution >= 0.6 is 0 Å². The molecule has 0 saturated carbocycles. The second kappa shape index (κ2) is 5.61. The lowest BCUT2D eigenvalue weighted by atomic mass is 10.1. The lowest BCUT2D eigenvalue weighted by Gasteiger charge is -2.14. The average Bonchev–Trinajstić information content (AvgIpc) is 2.28. The van der Waals surface area contributed by atoms with E-state index < -0.39 is 11.7 Å². The van der Waals surface area contributed by atoms with Gasteiger partial charge in [-0.15, -0.1) is 0 Å². The normalized spacial score (nSPS) is 12.2. The van der Waals surface area contributed by atoms with Crippen molar-refractivity contribution in [2.75, 3.05) is 6.61 Å². The molecule has 0 heterocycles. The molecule has 16 heavy (non-hydrogen) atoms. The number of aliphatic hydroxyl groups is 1. The summed E-state index contributed by atoms with van der Waals surface area (Å²) in [5.41, 5.74) is 0.843. The summed E-state index contributed by atoms with van der Waals surface area (Å²) in [6.45, 7) is 3.49. The maximum atomic E-state index is 13.4. The summed E-state index contributed by atoms with van der Waals surface area (Å²) >= 11 is 0. The second-order valence-corrected chi connectivity index (χ2v) is 3.74. The molecule has 0 spiro atoms. The topological polar surface area (TPSA) is 49.3 Å². The van der Waals surface area contributed by atoms with Crippen molar-refractivity contribution in [2.45, 2.75) is 26.3 Å². The van der Waals surface area contributed by atoms with Gasteiger partial charge < -0.3 is 10.4 Å². The predicted octanol–water partition coefficient (Wildman–Crippen LogP) is 1.63. The van der Waals surface area contributed by atoms with E-state index in [4.69, 9.17) is 5.11 Å². The van der Waals surface area contributed by atoms with Gasteiger partial charge in [0.2, 0.25) is 0 Å². The van der Waals surface area contributed by atoms with Crippen LogP contribution in [0.4, 0.5) is 4.39 Å². The zero-order valence-electron chi connectivity index (χ0n) is 9.46. The number of rotatable bonds is 4. The Balaban J connectivity index is 2.83. The number of amides is 1. The molecular formula is C12H16FNO2. The Kier molecular flexibility index (Phi) is 4.43. The second-order valence-electron chi connectivity index (χ2n) is 3.74. The predicted molar refractivity (Wildman–Crippen MR) is 59.8 cm³/mol. The first kappa shape index (κ1) is 12.6. The van der Waals surface area contributed by atoms with Crippen molar-refractivity contribution >= 4 is 5.91 Å². The SMILES string of the molecule is CC[C@@H](CO)NC(=O)c1cc(C)ccc1F. The number of hydrogen-bond donors (Lipinski definition) is 2. The Morgan fingerprint density at radius 1 is 1.56 bits per heavy atom. The van der Waals surface area contributed by atoms with Crippen molar-refractivity contribution in [3.63, 3.8) is 0 Å². The van der Waals surface area contributed by atoms with Gasteiger partial charge in [0.05, 0.1) is 18.2 Å².